The Morgan fingerprint density at radius 3 is 3.07 bits per heavy atom. The normalized spacial score (nSPS) is 16.1. The summed E-state index contributed by atoms with van der Waals surface area (Å²) in [6.45, 7) is 2.12. The number of aromatic amines is 1. The number of amides is 1. The van der Waals surface area contributed by atoms with E-state index in [1.54, 1.807) is 0 Å². The number of anilines is 1. The second-order valence-electron chi connectivity index (χ2n) is 4.15. The van der Waals surface area contributed by atoms with E-state index in [0.717, 1.165) is 31.4 Å². The number of H-pyrrole nitrogens is 1. The van der Waals surface area contributed by atoms with Gasteiger partial charge in [-0.15, -0.1) is 0 Å². The smallest absolute Gasteiger partial charge is 0.228 e. The van der Waals surface area contributed by atoms with Gasteiger partial charge >= 0.3 is 0 Å². The lowest BCUT2D eigenvalue weighted by Gasteiger charge is -2.23. The number of hydrogen-bond acceptors (Lipinski definition) is 2. The third-order valence-corrected chi connectivity index (χ3v) is 2.88. The average molecular weight is 207 g/mol. The third-order valence-electron chi connectivity index (χ3n) is 2.88. The van der Waals surface area contributed by atoms with Crippen molar-refractivity contribution < 1.29 is 4.79 Å². The van der Waals surface area contributed by atoms with Crippen LogP contribution in [0.5, 0.6) is 0 Å². The van der Waals surface area contributed by atoms with Gasteiger partial charge in [-0.25, -0.2) is 0 Å². The number of carbonyl (C=O) groups excluding carboxylic acids is 1. The van der Waals surface area contributed by atoms with Crippen molar-refractivity contribution in [2.75, 3.05) is 5.32 Å². The Balaban J connectivity index is 1.89. The number of aryl methyl sites for hydroxylation is 1. The first-order valence-electron chi connectivity index (χ1n) is 5.64. The van der Waals surface area contributed by atoms with E-state index in [1.165, 1.54) is 6.42 Å². The molecule has 0 bridgehead atoms. The van der Waals surface area contributed by atoms with E-state index in [2.05, 4.69) is 22.4 Å². The lowest BCUT2D eigenvalue weighted by Crippen LogP contribution is -2.28. The van der Waals surface area contributed by atoms with E-state index in [1.807, 2.05) is 6.07 Å². The van der Waals surface area contributed by atoms with Gasteiger partial charge in [-0.1, -0.05) is 19.8 Å². The summed E-state index contributed by atoms with van der Waals surface area (Å²) < 4.78 is 0. The minimum atomic E-state index is 0.121. The van der Waals surface area contributed by atoms with Crippen LogP contribution in [0.1, 0.15) is 38.3 Å². The molecular weight excluding hydrogens is 190 g/mol. The lowest BCUT2D eigenvalue weighted by atomic mass is 9.85. The maximum atomic E-state index is 11.6. The van der Waals surface area contributed by atoms with Gasteiger partial charge in [-0.3, -0.25) is 9.89 Å². The molecule has 1 aromatic rings. The van der Waals surface area contributed by atoms with Gasteiger partial charge in [0.15, 0.2) is 5.82 Å². The molecule has 2 N–H and O–H groups in total. The summed E-state index contributed by atoms with van der Waals surface area (Å²) in [5, 5.41) is 9.82. The molecule has 4 heteroatoms. The third kappa shape index (κ3) is 2.37. The highest BCUT2D eigenvalue weighted by molar-refractivity contribution is 5.92. The summed E-state index contributed by atoms with van der Waals surface area (Å²) in [5.74, 6) is 1.00. The van der Waals surface area contributed by atoms with Crippen LogP contribution in [0.15, 0.2) is 6.07 Å². The van der Waals surface area contributed by atoms with E-state index in [9.17, 15) is 4.79 Å². The van der Waals surface area contributed by atoms with Crippen LogP contribution in [-0.2, 0) is 11.2 Å². The molecule has 1 aliphatic rings. The fraction of sp³-hybridized carbons (Fsp3) is 0.636. The Morgan fingerprint density at radius 1 is 1.67 bits per heavy atom. The fourth-order valence-electron chi connectivity index (χ4n) is 1.72. The highest BCUT2D eigenvalue weighted by Gasteiger charge is 2.25. The van der Waals surface area contributed by atoms with Crippen LogP contribution in [0, 0.1) is 5.92 Å². The van der Waals surface area contributed by atoms with E-state index in [4.69, 9.17) is 0 Å². The quantitative estimate of drug-likeness (QED) is 0.794. The number of aromatic nitrogens is 2. The Hall–Kier alpha value is -1.32. The zero-order valence-corrected chi connectivity index (χ0v) is 9.05. The molecule has 0 aromatic carbocycles. The van der Waals surface area contributed by atoms with Gasteiger partial charge in [0.05, 0.1) is 0 Å². The molecule has 0 spiro atoms. The Kier molecular flexibility index (Phi) is 3.04. The van der Waals surface area contributed by atoms with Crippen LogP contribution in [-0.4, -0.2) is 16.1 Å². The Morgan fingerprint density at radius 2 is 2.47 bits per heavy atom. The molecule has 0 radical (unpaired) electrons. The fourth-order valence-corrected chi connectivity index (χ4v) is 1.72. The van der Waals surface area contributed by atoms with Gasteiger partial charge in [0, 0.05) is 17.7 Å². The molecule has 1 heterocycles. The summed E-state index contributed by atoms with van der Waals surface area (Å²) in [6.07, 6.45) is 5.29. The largest absolute Gasteiger partial charge is 0.309 e. The zero-order chi connectivity index (χ0) is 10.7. The molecule has 1 amide bonds. The molecule has 2 rings (SSSR count). The Bertz CT molecular complexity index is 341. The summed E-state index contributed by atoms with van der Waals surface area (Å²) in [4.78, 5) is 11.6. The van der Waals surface area contributed by atoms with E-state index < -0.39 is 0 Å². The SMILES string of the molecule is CCCc1cc(NC(=O)C2CCC2)n[nH]1. The predicted octanol–water partition coefficient (Wildman–Crippen LogP) is 2.10. The van der Waals surface area contributed by atoms with Gasteiger partial charge in [0.1, 0.15) is 0 Å². The van der Waals surface area contributed by atoms with E-state index >= 15 is 0 Å². The summed E-state index contributed by atoms with van der Waals surface area (Å²) in [5.41, 5.74) is 1.08. The van der Waals surface area contributed by atoms with Crippen molar-refractivity contribution in [1.29, 1.82) is 0 Å². The maximum Gasteiger partial charge on any atom is 0.228 e. The highest BCUT2D eigenvalue weighted by Crippen LogP contribution is 2.27. The summed E-state index contributed by atoms with van der Waals surface area (Å²) in [7, 11) is 0. The molecule has 1 aliphatic carbocycles. The van der Waals surface area contributed by atoms with E-state index in [-0.39, 0.29) is 11.8 Å². The van der Waals surface area contributed by atoms with Gasteiger partial charge < -0.3 is 5.32 Å². The first-order chi connectivity index (χ1) is 7.29. The van der Waals surface area contributed by atoms with Crippen LogP contribution in [0.3, 0.4) is 0 Å². The first-order valence-corrected chi connectivity index (χ1v) is 5.64. The molecule has 4 nitrogen and oxygen atoms in total. The molecule has 15 heavy (non-hydrogen) atoms. The number of rotatable bonds is 4. The van der Waals surface area contributed by atoms with Crippen LogP contribution in [0.2, 0.25) is 0 Å². The van der Waals surface area contributed by atoms with Crippen molar-refractivity contribution in [3.63, 3.8) is 0 Å². The van der Waals surface area contributed by atoms with Crippen molar-refractivity contribution in [3.05, 3.63) is 11.8 Å². The zero-order valence-electron chi connectivity index (χ0n) is 9.05. The number of carbonyl (C=O) groups is 1. The minimum absolute atomic E-state index is 0.121. The van der Waals surface area contributed by atoms with Crippen LogP contribution in [0.25, 0.3) is 0 Å². The summed E-state index contributed by atoms with van der Waals surface area (Å²) in [6, 6.07) is 1.92. The van der Waals surface area contributed by atoms with Crippen molar-refractivity contribution in [1.82, 2.24) is 10.2 Å². The minimum Gasteiger partial charge on any atom is -0.309 e. The predicted molar refractivity (Wildman–Crippen MR) is 58.6 cm³/mol. The molecule has 1 aromatic heterocycles. The van der Waals surface area contributed by atoms with Gasteiger partial charge in [-0.2, -0.15) is 5.10 Å². The van der Waals surface area contributed by atoms with E-state index in [0.29, 0.717) is 5.82 Å². The molecule has 0 unspecified atom stereocenters. The molecule has 0 saturated heterocycles. The molecule has 0 aliphatic heterocycles. The lowest BCUT2D eigenvalue weighted by molar-refractivity contribution is -0.122. The van der Waals surface area contributed by atoms with Crippen LogP contribution in [0.4, 0.5) is 5.82 Å². The number of nitrogens with one attached hydrogen (secondary N) is 2. The molecule has 1 saturated carbocycles. The van der Waals surface area contributed by atoms with Crippen LogP contribution < -0.4 is 5.32 Å². The molecule has 0 atom stereocenters. The molecule has 82 valence electrons. The Labute approximate surface area is 89.5 Å². The van der Waals surface area contributed by atoms with Gasteiger partial charge in [0.25, 0.3) is 0 Å². The number of nitrogens with zero attached hydrogens (tertiary/aromatic N) is 1. The second kappa shape index (κ2) is 4.47. The highest BCUT2D eigenvalue weighted by atomic mass is 16.2. The standard InChI is InChI=1S/C11H17N3O/c1-2-4-9-7-10(14-13-9)12-11(15)8-5-3-6-8/h7-8H,2-6H2,1H3,(H2,12,13,14,15). The topological polar surface area (TPSA) is 57.8 Å². The monoisotopic (exact) mass is 207 g/mol. The second-order valence-corrected chi connectivity index (χ2v) is 4.15. The average Bonchev–Trinajstić information content (AvgIpc) is 2.49. The van der Waals surface area contributed by atoms with Gasteiger partial charge in [0.2, 0.25) is 5.91 Å². The van der Waals surface area contributed by atoms with Crippen LogP contribution >= 0.6 is 0 Å². The molecular formula is C11H17N3O. The number of hydrogen-bond donors (Lipinski definition) is 2. The van der Waals surface area contributed by atoms with Crippen molar-refractivity contribution in [2.45, 2.75) is 39.0 Å². The first kappa shape index (κ1) is 10.2. The molecule has 1 fully saturated rings. The van der Waals surface area contributed by atoms with Crippen molar-refractivity contribution in [2.24, 2.45) is 5.92 Å². The maximum absolute atomic E-state index is 11.6. The summed E-state index contributed by atoms with van der Waals surface area (Å²) >= 11 is 0. The van der Waals surface area contributed by atoms with Crippen molar-refractivity contribution >= 4 is 11.7 Å². The van der Waals surface area contributed by atoms with Crippen molar-refractivity contribution in [3.8, 4) is 0 Å². The van der Waals surface area contributed by atoms with Gasteiger partial charge in [-0.05, 0) is 19.3 Å².